The molecule has 2 aromatic carbocycles. The molecule has 0 fully saturated rings. The van der Waals surface area contributed by atoms with Gasteiger partial charge >= 0.3 is 0 Å². The predicted octanol–water partition coefficient (Wildman–Crippen LogP) is 2.74. The van der Waals surface area contributed by atoms with Gasteiger partial charge in [-0.05, 0) is 31.2 Å². The fourth-order valence-corrected chi connectivity index (χ4v) is 2.34. The van der Waals surface area contributed by atoms with E-state index < -0.39 is 0 Å². The summed E-state index contributed by atoms with van der Waals surface area (Å²) in [5.41, 5.74) is 1.44. The third-order valence-corrected chi connectivity index (χ3v) is 3.51. The third-order valence-electron chi connectivity index (χ3n) is 3.16. The van der Waals surface area contributed by atoms with Crippen LogP contribution in [0.3, 0.4) is 0 Å². The molecular weight excluding hydrogens is 291 g/mol. The second-order valence-corrected chi connectivity index (χ2v) is 5.22. The Balaban J connectivity index is 1.88. The van der Waals surface area contributed by atoms with E-state index >= 15 is 0 Å². The van der Waals surface area contributed by atoms with Gasteiger partial charge in [0.2, 0.25) is 0 Å². The molecule has 2 aromatic rings. The van der Waals surface area contributed by atoms with Crippen LogP contribution in [0, 0.1) is 5.82 Å². The fraction of sp³-hybridized carbons (Fsp3) is 0.188. The van der Waals surface area contributed by atoms with Crippen LogP contribution in [0.2, 0.25) is 5.02 Å². The van der Waals surface area contributed by atoms with Crippen LogP contribution < -0.4 is 10.6 Å². The molecule has 0 aliphatic heterocycles. The number of hydrogen-bond acceptors (Lipinski definition) is 1. The van der Waals surface area contributed by atoms with E-state index in [1.807, 2.05) is 36.5 Å². The van der Waals surface area contributed by atoms with Gasteiger partial charge in [0.15, 0.2) is 6.54 Å². The fourth-order valence-electron chi connectivity index (χ4n) is 2.03. The molecule has 1 amide bonds. The van der Waals surface area contributed by atoms with Gasteiger partial charge in [0.05, 0.1) is 0 Å². The van der Waals surface area contributed by atoms with Crippen LogP contribution in [0.25, 0.3) is 0 Å². The van der Waals surface area contributed by atoms with Crippen molar-refractivity contribution in [3.8, 4) is 0 Å². The second-order valence-electron chi connectivity index (χ2n) is 4.81. The predicted molar refractivity (Wildman–Crippen MR) is 81.7 cm³/mol. The highest BCUT2D eigenvalue weighted by Gasteiger charge is 2.14. The first-order chi connectivity index (χ1) is 10.1. The normalized spacial score (nSPS) is 12.0. The molecule has 0 spiro atoms. The Morgan fingerprint density at radius 2 is 2.05 bits per heavy atom. The molecule has 3 nitrogen and oxygen atoms in total. The zero-order chi connectivity index (χ0) is 15.2. The summed E-state index contributed by atoms with van der Waals surface area (Å²) < 4.78 is 13.0. The Labute approximate surface area is 128 Å². The van der Waals surface area contributed by atoms with Crippen molar-refractivity contribution in [1.29, 1.82) is 0 Å². The van der Waals surface area contributed by atoms with Gasteiger partial charge in [-0.15, -0.1) is 0 Å². The lowest BCUT2D eigenvalue weighted by Gasteiger charge is -2.12. The lowest BCUT2D eigenvalue weighted by molar-refractivity contribution is -0.682. The zero-order valence-electron chi connectivity index (χ0n) is 11.6. The molecule has 0 heterocycles. The lowest BCUT2D eigenvalue weighted by Crippen LogP contribution is -2.86. The molecule has 110 valence electrons. The number of nitrogens with two attached hydrogens (primary N) is 1. The number of nitrogens with one attached hydrogen (secondary N) is 1. The summed E-state index contributed by atoms with van der Waals surface area (Å²) in [6.45, 7) is 2.22. The Bertz CT molecular complexity index is 633. The van der Waals surface area contributed by atoms with E-state index in [9.17, 15) is 9.18 Å². The maximum absolute atomic E-state index is 13.0. The molecule has 0 unspecified atom stereocenters. The van der Waals surface area contributed by atoms with Gasteiger partial charge < -0.3 is 10.6 Å². The topological polar surface area (TPSA) is 45.7 Å². The number of hydrogen-bond donors (Lipinski definition) is 2. The molecule has 0 saturated carbocycles. The molecule has 5 heteroatoms. The molecule has 0 bridgehead atoms. The van der Waals surface area contributed by atoms with Crippen molar-refractivity contribution in [2.45, 2.75) is 13.0 Å². The highest BCUT2D eigenvalue weighted by Crippen LogP contribution is 2.19. The summed E-state index contributed by atoms with van der Waals surface area (Å²) in [5.74, 6) is -0.555. The number of anilines is 1. The van der Waals surface area contributed by atoms with Crippen LogP contribution in [0.4, 0.5) is 10.1 Å². The molecule has 1 atom stereocenters. The van der Waals surface area contributed by atoms with Gasteiger partial charge in [-0.3, -0.25) is 4.79 Å². The highest BCUT2D eigenvalue weighted by atomic mass is 35.5. The molecule has 2 rings (SSSR count). The number of benzene rings is 2. The average Bonchev–Trinajstić information content (AvgIpc) is 2.45. The van der Waals surface area contributed by atoms with Crippen molar-refractivity contribution in [2.24, 2.45) is 0 Å². The Kier molecular flexibility index (Phi) is 5.31. The van der Waals surface area contributed by atoms with E-state index in [2.05, 4.69) is 5.32 Å². The second kappa shape index (κ2) is 7.20. The maximum atomic E-state index is 13.0. The maximum Gasteiger partial charge on any atom is 0.279 e. The number of halogens is 2. The highest BCUT2D eigenvalue weighted by molar-refractivity contribution is 6.31. The molecule has 0 aliphatic carbocycles. The first kappa shape index (κ1) is 15.5. The van der Waals surface area contributed by atoms with Crippen LogP contribution >= 0.6 is 11.6 Å². The summed E-state index contributed by atoms with van der Waals surface area (Å²) in [6.07, 6.45) is 0. The molecule has 21 heavy (non-hydrogen) atoms. The molecule has 0 aliphatic rings. The minimum atomic E-state index is -0.374. The van der Waals surface area contributed by atoms with Crippen molar-refractivity contribution in [3.63, 3.8) is 0 Å². The number of carbonyl (C=O) groups is 1. The average molecular weight is 308 g/mol. The standard InChI is InChI=1S/C16H16ClFN2O/c1-11(14-7-2-3-8-15(14)17)19-10-16(21)20-13-6-4-5-12(18)9-13/h2-9,11,19H,10H2,1H3,(H,20,21)/p+1/t11-/m1/s1. The van der Waals surface area contributed by atoms with E-state index in [0.29, 0.717) is 10.7 Å². The van der Waals surface area contributed by atoms with E-state index in [1.54, 1.807) is 12.1 Å². The van der Waals surface area contributed by atoms with Gasteiger partial charge in [-0.25, -0.2) is 4.39 Å². The number of rotatable bonds is 5. The summed E-state index contributed by atoms with van der Waals surface area (Å²) in [7, 11) is 0. The van der Waals surface area contributed by atoms with Gasteiger partial charge in [0, 0.05) is 16.3 Å². The van der Waals surface area contributed by atoms with Gasteiger partial charge in [0.25, 0.3) is 5.91 Å². The number of amides is 1. The Morgan fingerprint density at radius 1 is 1.29 bits per heavy atom. The summed E-state index contributed by atoms with van der Waals surface area (Å²) in [5, 5.41) is 5.23. The molecular formula is C16H17ClFN2O+. The molecule has 0 aromatic heterocycles. The first-order valence-corrected chi connectivity index (χ1v) is 7.07. The Morgan fingerprint density at radius 3 is 2.76 bits per heavy atom. The van der Waals surface area contributed by atoms with Gasteiger partial charge in [0.1, 0.15) is 11.9 Å². The van der Waals surface area contributed by atoms with Crippen molar-refractivity contribution >= 4 is 23.2 Å². The van der Waals surface area contributed by atoms with Crippen LogP contribution in [-0.4, -0.2) is 12.5 Å². The van der Waals surface area contributed by atoms with Gasteiger partial charge in [-0.2, -0.15) is 0 Å². The molecule has 0 radical (unpaired) electrons. The minimum absolute atomic E-state index is 0.0666. The summed E-state index contributed by atoms with van der Waals surface area (Å²) >= 11 is 6.12. The Hall–Kier alpha value is -1.91. The summed E-state index contributed by atoms with van der Waals surface area (Å²) in [6, 6.07) is 13.4. The quantitative estimate of drug-likeness (QED) is 0.876. The number of quaternary nitrogens is 1. The SMILES string of the molecule is C[C@@H]([NH2+]CC(=O)Nc1cccc(F)c1)c1ccccc1Cl. The van der Waals surface area contributed by atoms with E-state index in [1.165, 1.54) is 12.1 Å². The van der Waals surface area contributed by atoms with E-state index in [0.717, 1.165) is 5.56 Å². The van der Waals surface area contributed by atoms with Crippen molar-refractivity contribution in [2.75, 3.05) is 11.9 Å². The van der Waals surface area contributed by atoms with Crippen LogP contribution in [0.1, 0.15) is 18.5 Å². The number of carbonyl (C=O) groups excluding carboxylic acids is 1. The van der Waals surface area contributed by atoms with E-state index in [4.69, 9.17) is 11.6 Å². The molecule has 0 saturated heterocycles. The third kappa shape index (κ3) is 4.55. The van der Waals surface area contributed by atoms with Crippen LogP contribution in [0.15, 0.2) is 48.5 Å². The summed E-state index contributed by atoms with van der Waals surface area (Å²) in [4.78, 5) is 11.8. The minimum Gasteiger partial charge on any atom is -0.332 e. The monoisotopic (exact) mass is 307 g/mol. The van der Waals surface area contributed by atoms with Gasteiger partial charge in [-0.1, -0.05) is 35.9 Å². The van der Waals surface area contributed by atoms with Crippen molar-refractivity contribution in [1.82, 2.24) is 0 Å². The van der Waals surface area contributed by atoms with Crippen molar-refractivity contribution in [3.05, 3.63) is 64.9 Å². The van der Waals surface area contributed by atoms with Crippen molar-refractivity contribution < 1.29 is 14.5 Å². The first-order valence-electron chi connectivity index (χ1n) is 6.69. The largest absolute Gasteiger partial charge is 0.332 e. The lowest BCUT2D eigenvalue weighted by atomic mass is 10.1. The smallest absolute Gasteiger partial charge is 0.279 e. The molecule has 3 N–H and O–H groups in total. The zero-order valence-corrected chi connectivity index (χ0v) is 12.4. The van der Waals surface area contributed by atoms with E-state index in [-0.39, 0.29) is 24.3 Å². The van der Waals surface area contributed by atoms with Crippen LogP contribution in [0.5, 0.6) is 0 Å². The van der Waals surface area contributed by atoms with Crippen LogP contribution in [-0.2, 0) is 4.79 Å².